The zero-order chi connectivity index (χ0) is 97.8. The molecule has 0 bridgehead atoms. The Hall–Kier alpha value is -9.52. The molecule has 0 aliphatic rings. The number of carbonyl (C=O) groups is 16. The van der Waals surface area contributed by atoms with Crippen LogP contribution in [0.3, 0.4) is 0 Å². The maximum Gasteiger partial charge on any atom is 0.305 e. The monoisotopic (exact) mass is 1990 g/mol. The van der Waals surface area contributed by atoms with Gasteiger partial charge in [0.1, 0.15) is 0 Å². The van der Waals surface area contributed by atoms with Crippen LogP contribution in [0.25, 0.3) is 0 Å². The zero-order valence-electron chi connectivity index (χ0n) is 73.3. The highest BCUT2D eigenvalue weighted by Crippen LogP contribution is 2.27. The van der Waals surface area contributed by atoms with Crippen LogP contribution < -0.4 is 39.7 Å². The highest BCUT2D eigenvalue weighted by atomic mass is 35.5. The van der Waals surface area contributed by atoms with E-state index in [9.17, 15) is 62.3 Å². The van der Waals surface area contributed by atoms with Crippen molar-refractivity contribution in [2.45, 2.75) is 103 Å². The maximum atomic E-state index is 15.3. The molecular formula is C85H120Cl8N18O20. The SMILES string of the molecule is CN(CCC(=O)O)CC(=O)N(CCC(=O)O)CC(=O)N(CCC(=O)O)CC(=O)N(CCC(=O)O)CC(N)=O.NCCCCNCC(=O)N(CCCCN)CC(=O)N(CCCCN)CC(=O)N(CCCCN)CC(=O)N(CCc1ccc(Cl)cc1Cl)CC(=O)N(CCc1ccc(Cl)cc1Cl)CC(=O)N(CCc1ccc(Cl)cc1Cl)CC(=O)N(CCc1ccc(Cl)cc1Cl)CC(N)=O. The number of carboxylic acids is 4. The third-order valence-electron chi connectivity index (χ3n) is 20.1. The lowest BCUT2D eigenvalue weighted by Crippen LogP contribution is -2.53. The van der Waals surface area contributed by atoms with Crippen molar-refractivity contribution in [3.8, 4) is 0 Å². The lowest BCUT2D eigenvalue weighted by Gasteiger charge is -2.33. The summed E-state index contributed by atoms with van der Waals surface area (Å²) < 4.78 is 0. The Bertz CT molecular complexity index is 4470. The van der Waals surface area contributed by atoms with Gasteiger partial charge < -0.3 is 109 Å². The molecule has 0 aliphatic carbocycles. The Kier molecular flexibility index (Phi) is 56.1. The first-order chi connectivity index (χ1) is 62.1. The van der Waals surface area contributed by atoms with E-state index in [0.29, 0.717) is 122 Å². The van der Waals surface area contributed by atoms with Crippen molar-refractivity contribution in [2.24, 2.45) is 34.4 Å². The average Bonchev–Trinajstić information content (AvgIpc) is 0.880. The fraction of sp³-hybridized carbons (Fsp3) is 0.529. The first-order valence-electron chi connectivity index (χ1n) is 42.3. The second kappa shape index (κ2) is 63.6. The summed E-state index contributed by atoms with van der Waals surface area (Å²) in [5.41, 5.74) is 36.4. The van der Waals surface area contributed by atoms with Gasteiger partial charge in [-0.25, -0.2) is 0 Å². The van der Waals surface area contributed by atoms with Crippen molar-refractivity contribution in [3.05, 3.63) is 135 Å². The Morgan fingerprint density at radius 3 is 0.733 bits per heavy atom. The molecule has 0 atom stereocenters. The topological polar surface area (TPSA) is 558 Å². The van der Waals surface area contributed by atoms with Crippen LogP contribution in [0.15, 0.2) is 72.8 Å². The summed E-state index contributed by atoms with van der Waals surface area (Å²) in [5, 5.41) is 41.5. The third kappa shape index (κ3) is 47.6. The molecule has 4 aromatic rings. The van der Waals surface area contributed by atoms with Gasteiger partial charge in [0.25, 0.3) is 0 Å². The fourth-order valence-electron chi connectivity index (χ4n) is 12.8. The van der Waals surface area contributed by atoms with Crippen molar-refractivity contribution in [3.63, 3.8) is 0 Å². The molecule has 0 saturated heterocycles. The average molecular weight is 2000 g/mol. The summed E-state index contributed by atoms with van der Waals surface area (Å²) in [5.74, 6) is -13.4. The maximum absolute atomic E-state index is 15.3. The highest BCUT2D eigenvalue weighted by Gasteiger charge is 2.33. The molecule has 0 heterocycles. The lowest BCUT2D eigenvalue weighted by molar-refractivity contribution is -0.148. The second-order valence-electron chi connectivity index (χ2n) is 30.5. The first-order valence-corrected chi connectivity index (χ1v) is 45.3. The molecule has 0 aromatic heterocycles. The van der Waals surface area contributed by atoms with Crippen LogP contribution in [-0.2, 0) is 102 Å². The fourth-order valence-corrected chi connectivity index (χ4v) is 14.8. The van der Waals surface area contributed by atoms with Crippen LogP contribution in [0.2, 0.25) is 40.2 Å². The number of carboxylic acid groups (broad SMARTS) is 4. The molecule has 46 heteroatoms. The molecule has 0 spiro atoms. The van der Waals surface area contributed by atoms with Gasteiger partial charge in [-0.3, -0.25) is 81.6 Å². The van der Waals surface area contributed by atoms with Gasteiger partial charge in [0, 0.05) is 112 Å². The van der Waals surface area contributed by atoms with Crippen molar-refractivity contribution < 1.29 is 97.1 Å². The number of nitrogens with one attached hydrogen (secondary N) is 1. The molecule has 726 valence electrons. The Labute approximate surface area is 801 Å². The van der Waals surface area contributed by atoms with Gasteiger partial charge in [0.15, 0.2) is 0 Å². The number of hydrogen-bond donors (Lipinski definition) is 11. The number of unbranched alkanes of at least 4 members (excludes halogenated alkanes) is 4. The number of halogens is 8. The van der Waals surface area contributed by atoms with Gasteiger partial charge >= 0.3 is 23.9 Å². The summed E-state index contributed by atoms with van der Waals surface area (Å²) >= 11 is 51.4. The molecule has 12 amide bonds. The van der Waals surface area contributed by atoms with E-state index >= 15 is 14.4 Å². The molecule has 0 saturated carbocycles. The van der Waals surface area contributed by atoms with Crippen molar-refractivity contribution >= 4 is 188 Å². The van der Waals surface area contributed by atoms with Gasteiger partial charge in [-0.05, 0) is 188 Å². The summed E-state index contributed by atoms with van der Waals surface area (Å²) in [6.45, 7) is -5.41. The highest BCUT2D eigenvalue weighted by molar-refractivity contribution is 6.37. The van der Waals surface area contributed by atoms with E-state index in [1.54, 1.807) is 60.7 Å². The normalized spacial score (nSPS) is 10.9. The Morgan fingerprint density at radius 1 is 0.275 bits per heavy atom. The zero-order valence-corrected chi connectivity index (χ0v) is 79.3. The molecule has 4 aromatic carbocycles. The van der Waals surface area contributed by atoms with Crippen molar-refractivity contribution in [2.75, 3.05) is 190 Å². The summed E-state index contributed by atoms with van der Waals surface area (Å²) in [6.07, 6.45) is 3.12. The molecule has 4 rings (SSSR count). The van der Waals surface area contributed by atoms with Gasteiger partial charge in [-0.15, -0.1) is 0 Å². The number of likely N-dealkylation sites (N-methyl/N-ethyl adjacent to an activating group) is 1. The molecule has 0 fully saturated rings. The number of aliphatic carboxylic acids is 4. The van der Waals surface area contributed by atoms with Crippen molar-refractivity contribution in [1.29, 1.82) is 0 Å². The van der Waals surface area contributed by atoms with Crippen molar-refractivity contribution in [1.82, 2.24) is 59.2 Å². The number of amides is 12. The predicted molar refractivity (Wildman–Crippen MR) is 497 cm³/mol. The molecule has 0 unspecified atom stereocenters. The van der Waals surface area contributed by atoms with E-state index in [-0.39, 0.29) is 122 Å². The number of carbonyl (C=O) groups excluding carboxylic acids is 12. The Balaban J connectivity index is 0.000000972. The largest absolute Gasteiger partial charge is 0.481 e. The minimum Gasteiger partial charge on any atom is -0.481 e. The second-order valence-corrected chi connectivity index (χ2v) is 33.9. The lowest BCUT2D eigenvalue weighted by atomic mass is 10.1. The van der Waals surface area contributed by atoms with Crippen LogP contribution in [0, 0.1) is 0 Å². The number of primary amides is 2. The Morgan fingerprint density at radius 2 is 0.489 bits per heavy atom. The number of hydrogen-bond acceptors (Lipinski definition) is 22. The molecular weight excluding hydrogens is 1880 g/mol. The molecule has 0 radical (unpaired) electrons. The quantitative estimate of drug-likeness (QED) is 0.0280. The minimum atomic E-state index is -1.31. The number of nitrogens with zero attached hydrogens (tertiary/aromatic N) is 11. The van der Waals surface area contributed by atoms with Gasteiger partial charge in [-0.1, -0.05) is 117 Å². The first kappa shape index (κ1) is 116. The van der Waals surface area contributed by atoms with Crippen LogP contribution in [0.5, 0.6) is 0 Å². The van der Waals surface area contributed by atoms with Crippen LogP contribution in [0.1, 0.15) is 99.3 Å². The smallest absolute Gasteiger partial charge is 0.305 e. The van der Waals surface area contributed by atoms with E-state index in [1.165, 1.54) is 58.4 Å². The summed E-state index contributed by atoms with van der Waals surface area (Å²) in [7, 11) is 1.44. The number of rotatable bonds is 64. The third-order valence-corrected chi connectivity index (χ3v) is 22.5. The van der Waals surface area contributed by atoms with Gasteiger partial charge in [-0.2, -0.15) is 0 Å². The van der Waals surface area contributed by atoms with Crippen LogP contribution in [-0.4, -0.2) is 359 Å². The van der Waals surface area contributed by atoms with Gasteiger partial charge in [0.05, 0.1) is 104 Å². The standard InChI is InChI=1S/C64H87Cl8N13O8.C21H33N5O12/c65-49-13-9-45(53(69)33-49)17-29-82(38-57(77)86)61(90)42-83(30-18-46-10-14-50(66)34-54(46)70)63(92)44-85(32-20-48-12-16-52(68)36-56(48)72)64(93)43-84(31-19-47-11-15-51(67)35-55(47)71)62(91)41-81(28-8-4-24-76)60(89)40-80(27-7-3-23-75)59(88)39-79(26-6-2-22-74)58(87)37-78-25-5-1-21-73;1-23(6-2-18(31)32)11-15(28)25(8-4-20(35)36)13-17(30)26(9-5-21(37)38)12-16(29)24(10-14(22)27)7-3-19(33)34/h9-16,33-36,78H,1-8,17-32,37-44,73-76H2,(H2,77,86);2-13H2,1H3,(H2,22,27)(H,31,32)(H,33,34)(H,35,36)(H,37,38). The van der Waals surface area contributed by atoms with E-state index in [4.69, 9.17) is 148 Å². The minimum absolute atomic E-state index is 0.00688. The molecule has 0 aliphatic heterocycles. The van der Waals surface area contributed by atoms with Gasteiger partial charge in [0.2, 0.25) is 70.9 Å². The van der Waals surface area contributed by atoms with Crippen LogP contribution >= 0.6 is 92.8 Å². The van der Waals surface area contributed by atoms with E-state index in [0.717, 1.165) is 27.5 Å². The predicted octanol–water partition coefficient (Wildman–Crippen LogP) is 3.80. The van der Waals surface area contributed by atoms with E-state index < -0.39 is 187 Å². The van der Waals surface area contributed by atoms with Crippen LogP contribution in [0.4, 0.5) is 0 Å². The number of benzene rings is 4. The summed E-state index contributed by atoms with van der Waals surface area (Å²) in [6, 6.07) is 19.4. The summed E-state index contributed by atoms with van der Waals surface area (Å²) in [4.78, 5) is 222. The molecule has 38 nitrogen and oxygen atoms in total. The van der Waals surface area contributed by atoms with E-state index in [2.05, 4.69) is 5.32 Å². The van der Waals surface area contributed by atoms with E-state index in [1.807, 2.05) is 0 Å². The molecule has 131 heavy (non-hydrogen) atoms. The molecule has 17 N–H and O–H groups in total. The number of nitrogens with two attached hydrogens (primary N) is 6.